The molecular weight excluding hydrogens is 234 g/mol. The van der Waals surface area contributed by atoms with Crippen molar-refractivity contribution in [1.29, 1.82) is 0 Å². The predicted molar refractivity (Wildman–Crippen MR) is 80.3 cm³/mol. The Morgan fingerprint density at radius 1 is 1.16 bits per heavy atom. The van der Waals surface area contributed by atoms with E-state index in [1.807, 2.05) is 0 Å². The fourth-order valence-corrected chi connectivity index (χ4v) is 3.23. The van der Waals surface area contributed by atoms with Gasteiger partial charge in [0.2, 0.25) is 5.62 Å². The first-order valence-corrected chi connectivity index (χ1v) is 7.74. The van der Waals surface area contributed by atoms with Crippen molar-refractivity contribution in [2.24, 2.45) is 18.0 Å². The van der Waals surface area contributed by atoms with Crippen molar-refractivity contribution in [2.45, 2.75) is 72.4 Å². The fourth-order valence-electron chi connectivity index (χ4n) is 3.23. The second kappa shape index (κ2) is 5.56. The molecule has 1 aliphatic carbocycles. The van der Waals surface area contributed by atoms with Gasteiger partial charge in [0, 0.05) is 30.5 Å². The van der Waals surface area contributed by atoms with Crippen LogP contribution in [0.25, 0.3) is 0 Å². The average Bonchev–Trinajstić information content (AvgIpc) is 2.47. The standard InChI is InChI=1S/C16H29N3/c1-11(2)17-16-18(6)15-10-13(5)8-7-9-14(15)19(16)12(3)4/h11-13H,7-10H2,1-6H3/b17-16+. The molecule has 0 N–H and O–H groups in total. The van der Waals surface area contributed by atoms with Crippen molar-refractivity contribution in [2.75, 3.05) is 0 Å². The molecule has 0 aromatic carbocycles. The summed E-state index contributed by atoms with van der Waals surface area (Å²) < 4.78 is 4.81. The van der Waals surface area contributed by atoms with Crippen molar-refractivity contribution >= 4 is 0 Å². The molecule has 2 rings (SSSR count). The lowest BCUT2D eigenvalue weighted by Crippen LogP contribution is -2.28. The van der Waals surface area contributed by atoms with Gasteiger partial charge in [-0.3, -0.25) is 0 Å². The number of aromatic nitrogens is 2. The number of fused-ring (bicyclic) bond motifs is 1. The number of imidazole rings is 1. The first-order chi connectivity index (χ1) is 8.91. The van der Waals surface area contributed by atoms with E-state index in [1.54, 1.807) is 0 Å². The molecule has 3 heteroatoms. The third kappa shape index (κ3) is 2.80. The molecule has 0 saturated heterocycles. The Morgan fingerprint density at radius 2 is 1.84 bits per heavy atom. The molecule has 19 heavy (non-hydrogen) atoms. The van der Waals surface area contributed by atoms with Crippen molar-refractivity contribution in [3.05, 3.63) is 17.0 Å². The van der Waals surface area contributed by atoms with Gasteiger partial charge < -0.3 is 9.13 Å². The van der Waals surface area contributed by atoms with Crippen LogP contribution in [0.2, 0.25) is 0 Å². The maximum Gasteiger partial charge on any atom is 0.205 e. The van der Waals surface area contributed by atoms with E-state index in [9.17, 15) is 0 Å². The quantitative estimate of drug-likeness (QED) is 0.731. The molecule has 1 aromatic heterocycles. The molecule has 0 aliphatic heterocycles. The van der Waals surface area contributed by atoms with Gasteiger partial charge in [0.1, 0.15) is 0 Å². The highest BCUT2D eigenvalue weighted by atomic mass is 15.2. The molecule has 108 valence electrons. The molecule has 0 radical (unpaired) electrons. The Labute approximate surface area is 117 Å². The van der Waals surface area contributed by atoms with Gasteiger partial charge in [0.15, 0.2) is 0 Å². The highest BCUT2D eigenvalue weighted by Gasteiger charge is 2.22. The van der Waals surface area contributed by atoms with Crippen LogP contribution < -0.4 is 5.62 Å². The van der Waals surface area contributed by atoms with Crippen LogP contribution in [-0.2, 0) is 19.9 Å². The van der Waals surface area contributed by atoms with Crippen molar-refractivity contribution in [3.8, 4) is 0 Å². The van der Waals surface area contributed by atoms with Gasteiger partial charge in [0.25, 0.3) is 0 Å². The molecular formula is C16H29N3. The van der Waals surface area contributed by atoms with Crippen LogP contribution in [0, 0.1) is 5.92 Å². The third-order valence-electron chi connectivity index (χ3n) is 4.09. The van der Waals surface area contributed by atoms with E-state index in [0.717, 1.165) is 11.5 Å². The number of nitrogens with zero attached hydrogens (tertiary/aromatic N) is 3. The number of rotatable bonds is 2. The lowest BCUT2D eigenvalue weighted by atomic mass is 10.0. The molecule has 0 spiro atoms. The van der Waals surface area contributed by atoms with Crippen LogP contribution >= 0.6 is 0 Å². The lowest BCUT2D eigenvalue weighted by Gasteiger charge is -2.12. The summed E-state index contributed by atoms with van der Waals surface area (Å²) in [5.74, 6) is 0.794. The lowest BCUT2D eigenvalue weighted by molar-refractivity contribution is 0.491. The van der Waals surface area contributed by atoms with Crippen LogP contribution in [0.5, 0.6) is 0 Å². The monoisotopic (exact) mass is 263 g/mol. The van der Waals surface area contributed by atoms with Crippen LogP contribution in [0.3, 0.4) is 0 Å². The molecule has 1 aromatic rings. The topological polar surface area (TPSA) is 22.2 Å². The van der Waals surface area contributed by atoms with E-state index in [1.165, 1.54) is 37.1 Å². The summed E-state index contributed by atoms with van der Waals surface area (Å²) in [6, 6.07) is 0.834. The van der Waals surface area contributed by atoms with Gasteiger partial charge in [-0.25, -0.2) is 4.99 Å². The van der Waals surface area contributed by atoms with E-state index in [4.69, 9.17) is 4.99 Å². The Bertz CT molecular complexity index is 503. The van der Waals surface area contributed by atoms with E-state index in [-0.39, 0.29) is 0 Å². The minimum absolute atomic E-state index is 0.347. The summed E-state index contributed by atoms with van der Waals surface area (Å²) in [6.07, 6.45) is 5.07. The Morgan fingerprint density at radius 3 is 2.42 bits per heavy atom. The van der Waals surface area contributed by atoms with Gasteiger partial charge in [-0.1, -0.05) is 6.92 Å². The average molecular weight is 263 g/mol. The molecule has 0 fully saturated rings. The van der Waals surface area contributed by atoms with Crippen LogP contribution in [0.15, 0.2) is 4.99 Å². The summed E-state index contributed by atoms with van der Waals surface area (Å²) in [4.78, 5) is 4.87. The summed E-state index contributed by atoms with van der Waals surface area (Å²) in [7, 11) is 2.19. The van der Waals surface area contributed by atoms with E-state index >= 15 is 0 Å². The third-order valence-corrected chi connectivity index (χ3v) is 4.09. The largest absolute Gasteiger partial charge is 0.317 e. The van der Waals surface area contributed by atoms with Gasteiger partial charge >= 0.3 is 0 Å². The molecule has 1 aliphatic rings. The maximum atomic E-state index is 4.87. The van der Waals surface area contributed by atoms with Gasteiger partial charge in [-0.05, 0) is 59.3 Å². The van der Waals surface area contributed by atoms with Crippen LogP contribution in [0.1, 0.15) is 64.9 Å². The van der Waals surface area contributed by atoms with Gasteiger partial charge in [-0.2, -0.15) is 0 Å². The van der Waals surface area contributed by atoms with Crippen LogP contribution in [0.4, 0.5) is 0 Å². The van der Waals surface area contributed by atoms with Gasteiger partial charge in [-0.15, -0.1) is 0 Å². The Hall–Kier alpha value is -0.990. The minimum Gasteiger partial charge on any atom is -0.317 e. The summed E-state index contributed by atoms with van der Waals surface area (Å²) in [5, 5.41) is 0. The highest BCUT2D eigenvalue weighted by Crippen LogP contribution is 2.25. The second-order valence-corrected chi connectivity index (χ2v) is 6.64. The first-order valence-electron chi connectivity index (χ1n) is 7.74. The zero-order valence-corrected chi connectivity index (χ0v) is 13.4. The molecule has 0 saturated carbocycles. The molecule has 3 nitrogen and oxygen atoms in total. The molecule has 0 amide bonds. The minimum atomic E-state index is 0.347. The highest BCUT2D eigenvalue weighted by molar-refractivity contribution is 5.18. The number of hydrogen-bond acceptors (Lipinski definition) is 1. The Balaban J connectivity index is 2.66. The zero-order chi connectivity index (χ0) is 14.2. The smallest absolute Gasteiger partial charge is 0.205 e. The van der Waals surface area contributed by atoms with Gasteiger partial charge in [0.05, 0.1) is 0 Å². The van der Waals surface area contributed by atoms with E-state index in [0.29, 0.717) is 12.1 Å². The molecule has 1 atom stereocenters. The van der Waals surface area contributed by atoms with E-state index < -0.39 is 0 Å². The summed E-state index contributed by atoms with van der Waals surface area (Å²) in [5.41, 5.74) is 4.20. The van der Waals surface area contributed by atoms with E-state index in [2.05, 4.69) is 50.8 Å². The van der Waals surface area contributed by atoms with Crippen molar-refractivity contribution in [1.82, 2.24) is 9.13 Å². The van der Waals surface area contributed by atoms with Crippen molar-refractivity contribution < 1.29 is 0 Å². The maximum absolute atomic E-state index is 4.87. The molecule has 1 unspecified atom stereocenters. The Kier molecular flexibility index (Phi) is 4.22. The normalized spacial score (nSPS) is 21.1. The zero-order valence-electron chi connectivity index (χ0n) is 13.4. The summed E-state index contributed by atoms with van der Waals surface area (Å²) in [6.45, 7) is 11.2. The fraction of sp³-hybridized carbons (Fsp3) is 0.812. The number of hydrogen-bond donors (Lipinski definition) is 0. The summed E-state index contributed by atoms with van der Waals surface area (Å²) >= 11 is 0. The first kappa shape index (κ1) is 14.4. The van der Waals surface area contributed by atoms with Crippen LogP contribution in [-0.4, -0.2) is 15.2 Å². The molecule has 1 heterocycles. The van der Waals surface area contributed by atoms with Crippen molar-refractivity contribution in [3.63, 3.8) is 0 Å². The SMILES string of the molecule is CC1CCCc2c(n(C)/c(=N\C(C)C)n2C(C)C)C1. The molecule has 0 bridgehead atoms. The predicted octanol–water partition coefficient (Wildman–Crippen LogP) is 3.23. The second-order valence-electron chi connectivity index (χ2n) is 6.64.